The molecule has 0 spiro atoms. The summed E-state index contributed by atoms with van der Waals surface area (Å²) in [6.45, 7) is 4.45. The highest BCUT2D eigenvalue weighted by Gasteiger charge is 2.30. The average molecular weight is 570 g/mol. The van der Waals surface area contributed by atoms with Crippen molar-refractivity contribution in [2.24, 2.45) is 0 Å². The molecule has 0 saturated heterocycles. The maximum atomic E-state index is 13.8. The molecule has 0 fully saturated rings. The van der Waals surface area contributed by atoms with Crippen LogP contribution in [0.1, 0.15) is 36.5 Å². The zero-order valence-electron chi connectivity index (χ0n) is 22.6. The first-order valence-corrected chi connectivity index (χ1v) is 15.2. The molecular weight excluding hydrogens is 534 g/mol. The van der Waals surface area contributed by atoms with Gasteiger partial charge in [0.15, 0.2) is 0 Å². The molecule has 7 nitrogen and oxygen atoms in total. The SMILES string of the molecule is CCNC(=O)C(Cc1ccccc1)N(Cc1ccccc1Cl)C(=O)CCCN(c1cccc(C)c1)S(C)(=O)=O. The van der Waals surface area contributed by atoms with Crippen LogP contribution in [0.4, 0.5) is 5.69 Å². The summed E-state index contributed by atoms with van der Waals surface area (Å²) in [6, 6.07) is 23.3. The number of carbonyl (C=O) groups is 2. The second-order valence-electron chi connectivity index (χ2n) is 9.49. The van der Waals surface area contributed by atoms with Crippen molar-refractivity contribution in [3.05, 3.63) is 101 Å². The van der Waals surface area contributed by atoms with Crippen LogP contribution in [0, 0.1) is 6.92 Å². The van der Waals surface area contributed by atoms with Crippen LogP contribution in [-0.2, 0) is 32.6 Å². The largest absolute Gasteiger partial charge is 0.355 e. The van der Waals surface area contributed by atoms with Gasteiger partial charge in [-0.1, -0.05) is 72.3 Å². The fraction of sp³-hybridized carbons (Fsp3) is 0.333. The van der Waals surface area contributed by atoms with E-state index in [9.17, 15) is 18.0 Å². The van der Waals surface area contributed by atoms with Gasteiger partial charge in [0, 0.05) is 37.5 Å². The van der Waals surface area contributed by atoms with Gasteiger partial charge in [-0.2, -0.15) is 0 Å². The van der Waals surface area contributed by atoms with Crippen LogP contribution in [0.2, 0.25) is 5.02 Å². The number of rotatable bonds is 13. The predicted molar refractivity (Wildman–Crippen MR) is 157 cm³/mol. The molecule has 0 bridgehead atoms. The molecule has 1 N–H and O–H groups in total. The highest BCUT2D eigenvalue weighted by molar-refractivity contribution is 7.92. The Morgan fingerprint density at radius 1 is 0.974 bits per heavy atom. The van der Waals surface area contributed by atoms with Gasteiger partial charge in [-0.05, 0) is 55.2 Å². The summed E-state index contributed by atoms with van der Waals surface area (Å²) in [5, 5.41) is 3.38. The lowest BCUT2D eigenvalue weighted by Crippen LogP contribution is -2.50. The van der Waals surface area contributed by atoms with E-state index in [0.717, 1.165) is 22.9 Å². The number of amides is 2. The van der Waals surface area contributed by atoms with E-state index in [4.69, 9.17) is 11.6 Å². The minimum absolute atomic E-state index is 0.0625. The molecule has 0 heterocycles. The van der Waals surface area contributed by atoms with Crippen LogP contribution in [0.3, 0.4) is 0 Å². The van der Waals surface area contributed by atoms with E-state index in [1.807, 2.05) is 68.4 Å². The Bertz CT molecular complexity index is 1370. The maximum absolute atomic E-state index is 13.8. The summed E-state index contributed by atoms with van der Waals surface area (Å²) in [7, 11) is -3.56. The Kier molecular flexibility index (Phi) is 10.9. The topological polar surface area (TPSA) is 86.8 Å². The Labute approximate surface area is 236 Å². The number of nitrogens with one attached hydrogen (secondary N) is 1. The molecule has 3 aromatic rings. The molecule has 1 atom stereocenters. The molecule has 0 saturated carbocycles. The van der Waals surface area contributed by atoms with E-state index >= 15 is 0 Å². The summed E-state index contributed by atoms with van der Waals surface area (Å²) in [5.41, 5.74) is 3.15. The second-order valence-corrected chi connectivity index (χ2v) is 11.8. The molecule has 0 radical (unpaired) electrons. The van der Waals surface area contributed by atoms with Crippen molar-refractivity contribution in [3.63, 3.8) is 0 Å². The lowest BCUT2D eigenvalue weighted by atomic mass is 10.0. The van der Waals surface area contributed by atoms with Gasteiger partial charge in [0.25, 0.3) is 0 Å². The molecule has 0 aliphatic rings. The van der Waals surface area contributed by atoms with Crippen molar-refractivity contribution in [1.29, 1.82) is 0 Å². The number of aryl methyl sites for hydroxylation is 1. The van der Waals surface area contributed by atoms with Crippen molar-refractivity contribution in [2.75, 3.05) is 23.7 Å². The molecular formula is C30H36ClN3O4S. The Morgan fingerprint density at radius 3 is 2.31 bits per heavy atom. The summed E-state index contributed by atoms with van der Waals surface area (Å²) in [4.78, 5) is 28.6. The molecule has 9 heteroatoms. The molecule has 0 aliphatic carbocycles. The smallest absolute Gasteiger partial charge is 0.243 e. The minimum atomic E-state index is -3.56. The lowest BCUT2D eigenvalue weighted by molar-refractivity contribution is -0.141. The van der Waals surface area contributed by atoms with E-state index in [2.05, 4.69) is 5.32 Å². The van der Waals surface area contributed by atoms with Crippen LogP contribution < -0.4 is 9.62 Å². The summed E-state index contributed by atoms with van der Waals surface area (Å²) in [6.07, 6.45) is 1.84. The standard InChI is InChI=1S/C30H36ClN3O4S/c1-4-32-30(36)28(21-24-13-6-5-7-14-24)33(22-25-15-8-9-17-27(25)31)29(35)18-11-19-34(39(3,37)38)26-16-10-12-23(2)20-26/h5-10,12-17,20,28H,4,11,18-19,21-22H2,1-3H3,(H,32,36). The van der Waals surface area contributed by atoms with Crippen LogP contribution in [0.15, 0.2) is 78.9 Å². The number of halogens is 1. The average Bonchev–Trinajstić information content (AvgIpc) is 2.89. The van der Waals surface area contributed by atoms with Crippen LogP contribution in [0.5, 0.6) is 0 Å². The monoisotopic (exact) mass is 569 g/mol. The Morgan fingerprint density at radius 2 is 1.67 bits per heavy atom. The summed E-state index contributed by atoms with van der Waals surface area (Å²) >= 11 is 6.44. The fourth-order valence-electron chi connectivity index (χ4n) is 4.44. The van der Waals surface area contributed by atoms with Crippen molar-refractivity contribution in [3.8, 4) is 0 Å². The number of hydrogen-bond donors (Lipinski definition) is 1. The summed E-state index contributed by atoms with van der Waals surface area (Å²) < 4.78 is 26.5. The van der Waals surface area contributed by atoms with E-state index in [1.165, 1.54) is 4.31 Å². The first kappa shape index (κ1) is 30.2. The van der Waals surface area contributed by atoms with Crippen LogP contribution in [-0.4, -0.2) is 50.5 Å². The van der Waals surface area contributed by atoms with Gasteiger partial charge in [0.2, 0.25) is 21.8 Å². The zero-order chi connectivity index (χ0) is 28.4. The Balaban J connectivity index is 1.87. The van der Waals surface area contributed by atoms with Gasteiger partial charge >= 0.3 is 0 Å². The molecule has 39 heavy (non-hydrogen) atoms. The molecule has 208 valence electrons. The molecule has 0 aromatic heterocycles. The lowest BCUT2D eigenvalue weighted by Gasteiger charge is -2.32. The number of nitrogens with zero attached hydrogens (tertiary/aromatic N) is 2. The predicted octanol–water partition coefficient (Wildman–Crippen LogP) is 4.97. The minimum Gasteiger partial charge on any atom is -0.355 e. The van der Waals surface area contributed by atoms with Crippen molar-refractivity contribution in [2.45, 2.75) is 45.7 Å². The number of likely N-dealkylation sites (N-methyl/N-ethyl adjacent to an activating group) is 1. The van der Waals surface area contributed by atoms with E-state index < -0.39 is 16.1 Å². The quantitative estimate of drug-likeness (QED) is 0.315. The third-order valence-electron chi connectivity index (χ3n) is 6.36. The first-order chi connectivity index (χ1) is 18.6. The first-order valence-electron chi connectivity index (χ1n) is 13.0. The van der Waals surface area contributed by atoms with Crippen molar-refractivity contribution >= 4 is 39.1 Å². The molecule has 1 unspecified atom stereocenters. The molecule has 0 aliphatic heterocycles. The second kappa shape index (κ2) is 14.1. The third kappa shape index (κ3) is 8.83. The number of anilines is 1. The van der Waals surface area contributed by atoms with Gasteiger partial charge in [-0.3, -0.25) is 13.9 Å². The molecule has 3 aromatic carbocycles. The van der Waals surface area contributed by atoms with Gasteiger partial charge in [0.1, 0.15) is 6.04 Å². The van der Waals surface area contributed by atoms with Crippen molar-refractivity contribution in [1.82, 2.24) is 10.2 Å². The number of hydrogen-bond acceptors (Lipinski definition) is 4. The summed E-state index contributed by atoms with van der Waals surface area (Å²) in [5.74, 6) is -0.501. The van der Waals surface area contributed by atoms with Gasteiger partial charge in [-0.25, -0.2) is 8.42 Å². The van der Waals surface area contributed by atoms with E-state index in [1.54, 1.807) is 29.2 Å². The van der Waals surface area contributed by atoms with Gasteiger partial charge < -0.3 is 10.2 Å². The zero-order valence-corrected chi connectivity index (χ0v) is 24.2. The van der Waals surface area contributed by atoms with Gasteiger partial charge in [0.05, 0.1) is 11.9 Å². The normalized spacial score (nSPS) is 12.0. The third-order valence-corrected chi connectivity index (χ3v) is 7.93. The maximum Gasteiger partial charge on any atom is 0.243 e. The van der Waals surface area contributed by atoms with E-state index in [-0.39, 0.29) is 37.7 Å². The number of sulfonamides is 1. The number of carbonyl (C=O) groups excluding carboxylic acids is 2. The highest BCUT2D eigenvalue weighted by atomic mass is 35.5. The highest BCUT2D eigenvalue weighted by Crippen LogP contribution is 2.23. The van der Waals surface area contributed by atoms with E-state index in [0.29, 0.717) is 23.7 Å². The Hall–Kier alpha value is -3.36. The molecule has 3 rings (SSSR count). The van der Waals surface area contributed by atoms with Crippen LogP contribution >= 0.6 is 11.6 Å². The van der Waals surface area contributed by atoms with Gasteiger partial charge in [-0.15, -0.1) is 0 Å². The molecule has 2 amide bonds. The van der Waals surface area contributed by atoms with Crippen LogP contribution in [0.25, 0.3) is 0 Å². The fourth-order valence-corrected chi connectivity index (χ4v) is 5.60. The van der Waals surface area contributed by atoms with Crippen molar-refractivity contribution < 1.29 is 18.0 Å². The number of benzene rings is 3.